The number of nitro groups is 1. The van der Waals surface area contributed by atoms with Gasteiger partial charge in [-0.1, -0.05) is 0 Å². The SMILES string of the molecule is COC(=O)C(O)COS(=O)(=O)c1ccc([N+](=O)[O-])cc1. The fourth-order valence-electron chi connectivity index (χ4n) is 1.16. The van der Waals surface area contributed by atoms with Crippen molar-refractivity contribution in [3.05, 3.63) is 34.4 Å². The zero-order chi connectivity index (χ0) is 15.3. The molecule has 110 valence electrons. The molecule has 0 aliphatic heterocycles. The number of esters is 1. The van der Waals surface area contributed by atoms with E-state index in [9.17, 15) is 28.4 Å². The number of ether oxygens (including phenoxy) is 1. The van der Waals surface area contributed by atoms with Crippen molar-refractivity contribution < 1.29 is 32.2 Å². The summed E-state index contributed by atoms with van der Waals surface area (Å²) in [5.41, 5.74) is -0.279. The predicted octanol–water partition coefficient (Wildman–Crippen LogP) is -0.166. The number of rotatable bonds is 6. The third-order valence-corrected chi connectivity index (χ3v) is 3.49. The maximum absolute atomic E-state index is 11.7. The number of methoxy groups -OCH3 is 1. The van der Waals surface area contributed by atoms with Gasteiger partial charge in [0.25, 0.3) is 15.8 Å². The first kappa shape index (κ1) is 16.0. The molecule has 1 aromatic carbocycles. The van der Waals surface area contributed by atoms with Crippen LogP contribution in [0.4, 0.5) is 5.69 Å². The smallest absolute Gasteiger partial charge is 0.337 e. The largest absolute Gasteiger partial charge is 0.467 e. The molecule has 9 nitrogen and oxygen atoms in total. The molecule has 0 aliphatic carbocycles. The average Bonchev–Trinajstić information content (AvgIpc) is 2.44. The molecule has 0 spiro atoms. The van der Waals surface area contributed by atoms with Crippen LogP contribution in [0.1, 0.15) is 0 Å². The van der Waals surface area contributed by atoms with Crippen LogP contribution in [0.25, 0.3) is 0 Å². The third kappa shape index (κ3) is 3.98. The van der Waals surface area contributed by atoms with Crippen molar-refractivity contribution >= 4 is 21.8 Å². The lowest BCUT2D eigenvalue weighted by Crippen LogP contribution is -2.28. The van der Waals surface area contributed by atoms with Gasteiger partial charge in [0, 0.05) is 12.1 Å². The molecular formula is C10H11NO8S. The van der Waals surface area contributed by atoms with Gasteiger partial charge in [-0.25, -0.2) is 4.79 Å². The molecule has 0 amide bonds. The molecule has 10 heteroatoms. The minimum Gasteiger partial charge on any atom is -0.467 e. The lowest BCUT2D eigenvalue weighted by molar-refractivity contribution is -0.384. The second-order valence-electron chi connectivity index (χ2n) is 3.53. The Kier molecular flexibility index (Phi) is 5.13. The lowest BCUT2D eigenvalue weighted by Gasteiger charge is -2.09. The van der Waals surface area contributed by atoms with E-state index in [4.69, 9.17) is 0 Å². The number of non-ortho nitro benzene ring substituents is 1. The first-order valence-electron chi connectivity index (χ1n) is 5.17. The molecule has 1 atom stereocenters. The fourth-order valence-corrected chi connectivity index (χ4v) is 2.07. The van der Waals surface area contributed by atoms with E-state index in [0.29, 0.717) is 0 Å². The highest BCUT2D eigenvalue weighted by Crippen LogP contribution is 2.17. The maximum Gasteiger partial charge on any atom is 0.337 e. The molecule has 0 saturated carbocycles. The number of nitrogens with zero attached hydrogens (tertiary/aromatic N) is 1. The third-order valence-electron chi connectivity index (χ3n) is 2.19. The molecule has 0 heterocycles. The Labute approximate surface area is 114 Å². The van der Waals surface area contributed by atoms with E-state index in [1.807, 2.05) is 0 Å². The fraction of sp³-hybridized carbons (Fsp3) is 0.300. The number of nitro benzene ring substituents is 1. The summed E-state index contributed by atoms with van der Waals surface area (Å²) in [7, 11) is -3.21. The van der Waals surface area contributed by atoms with Crippen LogP contribution < -0.4 is 0 Å². The van der Waals surface area contributed by atoms with Crippen LogP contribution in [0.5, 0.6) is 0 Å². The summed E-state index contributed by atoms with van der Waals surface area (Å²) in [5, 5.41) is 19.6. The topological polar surface area (TPSA) is 133 Å². The van der Waals surface area contributed by atoms with E-state index in [-0.39, 0.29) is 10.6 Å². The minimum atomic E-state index is -4.23. The highest BCUT2D eigenvalue weighted by molar-refractivity contribution is 7.86. The Hall–Kier alpha value is -2.04. The van der Waals surface area contributed by atoms with Gasteiger partial charge in [-0.3, -0.25) is 14.3 Å². The highest BCUT2D eigenvalue weighted by atomic mass is 32.2. The first-order valence-corrected chi connectivity index (χ1v) is 6.58. The van der Waals surface area contributed by atoms with Gasteiger partial charge in [0.1, 0.15) is 6.61 Å². The van der Waals surface area contributed by atoms with E-state index in [1.165, 1.54) is 0 Å². The van der Waals surface area contributed by atoms with Crippen molar-refractivity contribution in [1.29, 1.82) is 0 Å². The zero-order valence-electron chi connectivity index (χ0n) is 10.3. The standard InChI is InChI=1S/C10H11NO8S/c1-18-10(13)9(12)6-19-20(16,17)8-4-2-7(3-5-8)11(14)15/h2-5,9,12H,6H2,1H3. The average molecular weight is 305 g/mol. The maximum atomic E-state index is 11.7. The summed E-state index contributed by atoms with van der Waals surface area (Å²) in [4.78, 5) is 20.3. The molecule has 0 saturated heterocycles. The quantitative estimate of drug-likeness (QED) is 0.331. The minimum absolute atomic E-state index is 0.279. The summed E-state index contributed by atoms with van der Waals surface area (Å²) < 4.78 is 32.0. The van der Waals surface area contributed by atoms with E-state index in [2.05, 4.69) is 8.92 Å². The number of carbonyl (C=O) groups is 1. The molecule has 1 aromatic rings. The Morgan fingerprint density at radius 1 is 1.40 bits per heavy atom. The van der Waals surface area contributed by atoms with Gasteiger partial charge < -0.3 is 9.84 Å². The molecule has 0 aliphatic rings. The van der Waals surface area contributed by atoms with Crippen molar-refractivity contribution in [2.75, 3.05) is 13.7 Å². The monoisotopic (exact) mass is 305 g/mol. The highest BCUT2D eigenvalue weighted by Gasteiger charge is 2.22. The van der Waals surface area contributed by atoms with Gasteiger partial charge in [0.2, 0.25) is 0 Å². The number of carbonyl (C=O) groups excluding carboxylic acids is 1. The molecule has 1 rings (SSSR count). The molecule has 1 N–H and O–H groups in total. The van der Waals surface area contributed by atoms with Gasteiger partial charge in [0.15, 0.2) is 6.10 Å². The van der Waals surface area contributed by atoms with Gasteiger partial charge >= 0.3 is 5.97 Å². The molecule has 20 heavy (non-hydrogen) atoms. The Morgan fingerprint density at radius 3 is 2.40 bits per heavy atom. The van der Waals surface area contributed by atoms with Gasteiger partial charge in [-0.05, 0) is 12.1 Å². The Morgan fingerprint density at radius 2 is 1.95 bits per heavy atom. The molecular weight excluding hydrogens is 294 g/mol. The number of aliphatic hydroxyl groups is 1. The molecule has 0 radical (unpaired) electrons. The second-order valence-corrected chi connectivity index (χ2v) is 5.14. The van der Waals surface area contributed by atoms with Crippen molar-refractivity contribution in [1.82, 2.24) is 0 Å². The normalized spacial score (nSPS) is 12.7. The summed E-state index contributed by atoms with van der Waals surface area (Å²) >= 11 is 0. The van der Waals surface area contributed by atoms with Crippen molar-refractivity contribution in [3.8, 4) is 0 Å². The molecule has 0 fully saturated rings. The van der Waals surface area contributed by atoms with E-state index >= 15 is 0 Å². The summed E-state index contributed by atoms with van der Waals surface area (Å²) in [6.07, 6.45) is -1.74. The van der Waals surface area contributed by atoms with Crippen LogP contribution in [0.15, 0.2) is 29.2 Å². The van der Waals surface area contributed by atoms with Crippen LogP contribution in [-0.4, -0.2) is 44.2 Å². The number of hydrogen-bond acceptors (Lipinski definition) is 8. The number of aliphatic hydroxyl groups excluding tert-OH is 1. The van der Waals surface area contributed by atoms with Gasteiger partial charge in [-0.2, -0.15) is 8.42 Å². The van der Waals surface area contributed by atoms with Crippen LogP contribution in [0, 0.1) is 10.1 Å². The van der Waals surface area contributed by atoms with Crippen molar-refractivity contribution in [2.45, 2.75) is 11.0 Å². The van der Waals surface area contributed by atoms with Gasteiger partial charge in [0.05, 0.1) is 16.9 Å². The van der Waals surface area contributed by atoms with E-state index in [1.54, 1.807) is 0 Å². The Balaban J connectivity index is 2.79. The molecule has 0 aromatic heterocycles. The summed E-state index contributed by atoms with van der Waals surface area (Å²) in [6.45, 7) is -0.813. The van der Waals surface area contributed by atoms with Crippen LogP contribution in [-0.2, 0) is 23.8 Å². The first-order chi connectivity index (χ1) is 9.27. The van der Waals surface area contributed by atoms with Crippen LogP contribution in [0.3, 0.4) is 0 Å². The van der Waals surface area contributed by atoms with Crippen LogP contribution >= 0.6 is 0 Å². The lowest BCUT2D eigenvalue weighted by atomic mass is 10.3. The Bertz CT molecular complexity index is 594. The number of benzene rings is 1. The molecule has 1 unspecified atom stereocenters. The zero-order valence-corrected chi connectivity index (χ0v) is 11.1. The van der Waals surface area contributed by atoms with Gasteiger partial charge in [-0.15, -0.1) is 0 Å². The van der Waals surface area contributed by atoms with E-state index in [0.717, 1.165) is 31.4 Å². The summed E-state index contributed by atoms with van der Waals surface area (Å²) in [6, 6.07) is 3.95. The number of hydrogen-bond donors (Lipinski definition) is 1. The van der Waals surface area contributed by atoms with Crippen molar-refractivity contribution in [3.63, 3.8) is 0 Å². The van der Waals surface area contributed by atoms with Crippen LogP contribution in [0.2, 0.25) is 0 Å². The second kappa shape index (κ2) is 6.41. The van der Waals surface area contributed by atoms with Crippen molar-refractivity contribution in [2.24, 2.45) is 0 Å². The molecule has 0 bridgehead atoms. The summed E-state index contributed by atoms with van der Waals surface area (Å²) in [5.74, 6) is -1.04. The predicted molar refractivity (Wildman–Crippen MR) is 64.3 cm³/mol. The van der Waals surface area contributed by atoms with E-state index < -0.39 is 33.7 Å².